The highest BCUT2D eigenvalue weighted by Crippen LogP contribution is 2.53. The van der Waals surface area contributed by atoms with Gasteiger partial charge in [0.1, 0.15) is 5.82 Å². The Labute approximate surface area is 155 Å². The van der Waals surface area contributed by atoms with Gasteiger partial charge in [0.25, 0.3) is 0 Å². The van der Waals surface area contributed by atoms with Crippen LogP contribution in [0.4, 0.5) is 4.39 Å². The third kappa shape index (κ3) is 2.91. The van der Waals surface area contributed by atoms with Gasteiger partial charge in [-0.1, -0.05) is 60.3 Å². The summed E-state index contributed by atoms with van der Waals surface area (Å²) in [5, 5.41) is 0. The van der Waals surface area contributed by atoms with Crippen molar-refractivity contribution in [3.8, 4) is 0 Å². The van der Waals surface area contributed by atoms with Gasteiger partial charge in [0.15, 0.2) is 0 Å². The molecule has 0 N–H and O–H groups in total. The lowest BCUT2D eigenvalue weighted by molar-refractivity contribution is -1.92. The predicted octanol–water partition coefficient (Wildman–Crippen LogP) is 1.50. The van der Waals surface area contributed by atoms with E-state index >= 15 is 0 Å². The van der Waals surface area contributed by atoms with Crippen molar-refractivity contribution >= 4 is 11.8 Å². The van der Waals surface area contributed by atoms with Gasteiger partial charge in [0.2, 0.25) is 0 Å². The fourth-order valence-corrected chi connectivity index (χ4v) is 4.93. The smallest absolute Gasteiger partial charge is 0.207 e. The summed E-state index contributed by atoms with van der Waals surface area (Å²) in [5.41, 5.74) is -0.302. The van der Waals surface area contributed by atoms with Crippen LogP contribution >= 0.6 is 11.8 Å². The zero-order chi connectivity index (χ0) is 18.4. The van der Waals surface area contributed by atoms with Gasteiger partial charge in [-0.2, -0.15) is 14.0 Å². The van der Waals surface area contributed by atoms with Gasteiger partial charge in [0, 0.05) is 26.5 Å². The number of hydrogen-bond acceptors (Lipinski definition) is 5. The highest BCUT2D eigenvalue weighted by Gasteiger charge is 2.55. The second-order valence-electron chi connectivity index (χ2n) is 5.74. The van der Waals surface area contributed by atoms with Gasteiger partial charge < -0.3 is 0 Å². The highest BCUT2D eigenvalue weighted by molar-refractivity contribution is 7.99. The molecule has 4 nitrogen and oxygen atoms in total. The number of rotatable bonds is 3. The van der Waals surface area contributed by atoms with E-state index < -0.39 is 21.7 Å². The van der Waals surface area contributed by atoms with Crippen molar-refractivity contribution in [2.45, 2.75) is 15.4 Å². The summed E-state index contributed by atoms with van der Waals surface area (Å²) in [6, 6.07) is 19.5. The molecule has 0 atom stereocenters. The Bertz CT molecular complexity index is 911. The first-order chi connectivity index (χ1) is 12.4. The van der Waals surface area contributed by atoms with Crippen LogP contribution in [0, 0.1) is 16.1 Å². The molecule has 0 aromatic heterocycles. The first-order valence-corrected chi connectivity index (χ1v) is 9.70. The summed E-state index contributed by atoms with van der Waals surface area (Å²) >= 11 is 1.45. The van der Waals surface area contributed by atoms with Crippen molar-refractivity contribution in [1.29, 1.82) is 0 Å². The predicted molar refractivity (Wildman–Crippen MR) is 84.4 cm³/mol. The average molecular weight is 391 g/mol. The van der Waals surface area contributed by atoms with Crippen LogP contribution in [0.2, 0.25) is 0 Å². The second-order valence-corrected chi connectivity index (χ2v) is 7.73. The summed E-state index contributed by atoms with van der Waals surface area (Å²) in [6.07, 6.45) is 0. The number of fused-ring (bicyclic) bond motifs is 2. The molecule has 0 bridgehead atoms. The summed E-state index contributed by atoms with van der Waals surface area (Å²) in [7, 11) is -4.77. The molecule has 4 rings (SSSR count). The Hall–Kier alpha value is -1.93. The van der Waals surface area contributed by atoms with Crippen molar-refractivity contribution in [2.24, 2.45) is 0 Å². The van der Waals surface area contributed by atoms with Gasteiger partial charge in [0.05, 0.1) is 14.5 Å². The highest BCUT2D eigenvalue weighted by atomic mass is 35.7. The first kappa shape index (κ1) is 17.5. The van der Waals surface area contributed by atoms with Crippen LogP contribution in [0.25, 0.3) is 0 Å². The molecule has 0 saturated carbocycles. The van der Waals surface area contributed by atoms with Gasteiger partial charge in [-0.15, -0.1) is 0 Å². The lowest BCUT2D eigenvalue weighted by atomic mass is 9.80. The minimum absolute atomic E-state index is 0.353. The normalized spacial score (nSPS) is 15.2. The number of halogens is 2. The van der Waals surface area contributed by atoms with E-state index in [0.29, 0.717) is 16.7 Å². The molecule has 1 heterocycles. The average Bonchev–Trinajstić information content (AvgIpc) is 2.61. The molecule has 3 aromatic rings. The van der Waals surface area contributed by atoms with E-state index in [0.717, 1.165) is 9.79 Å². The van der Waals surface area contributed by atoms with Crippen molar-refractivity contribution in [3.63, 3.8) is 0 Å². The van der Waals surface area contributed by atoms with Crippen molar-refractivity contribution in [2.75, 3.05) is 0 Å². The maximum absolute atomic E-state index is 13.5. The van der Waals surface area contributed by atoms with Crippen LogP contribution in [0.15, 0.2) is 82.6 Å². The molecule has 26 heavy (non-hydrogen) atoms. The molecule has 0 spiro atoms. The minimum atomic E-state index is -4.77. The molecule has 7 heteroatoms. The quantitative estimate of drug-likeness (QED) is 0.677. The first-order valence-electron chi connectivity index (χ1n) is 7.64. The van der Waals surface area contributed by atoms with Gasteiger partial charge >= 0.3 is 5.60 Å². The van der Waals surface area contributed by atoms with E-state index in [9.17, 15) is 18.4 Å². The van der Waals surface area contributed by atoms with E-state index in [-0.39, 0.29) is 0 Å². The fraction of sp³-hybridized carbons (Fsp3) is 0.0526. The molecular weight excluding hydrogens is 379 g/mol. The Morgan fingerprint density at radius 3 is 1.77 bits per heavy atom. The largest absolute Gasteiger partial charge is 0.300 e. The van der Waals surface area contributed by atoms with Crippen LogP contribution < -0.4 is 14.0 Å². The molecular formula is C19H12ClFO4S. The number of benzene rings is 3. The topological polar surface area (TPSA) is 78.4 Å². The SMILES string of the molecule is [O-][Cl+3]([O-])([O-])OC1(c2ccc(F)cc2)c2ccccc2Sc2ccccc21. The van der Waals surface area contributed by atoms with Crippen LogP contribution in [-0.4, -0.2) is 0 Å². The van der Waals surface area contributed by atoms with Crippen molar-refractivity contribution < 1.29 is 32.9 Å². The third-order valence-electron chi connectivity index (χ3n) is 4.21. The summed E-state index contributed by atoms with van der Waals surface area (Å²) in [6.45, 7) is 0. The molecule has 1 aliphatic rings. The van der Waals surface area contributed by atoms with Crippen LogP contribution in [0.1, 0.15) is 16.7 Å². The maximum atomic E-state index is 13.5. The third-order valence-corrected chi connectivity index (χ3v) is 5.79. The number of hydrogen-bond donors (Lipinski definition) is 0. The van der Waals surface area contributed by atoms with E-state index in [1.54, 1.807) is 24.3 Å². The van der Waals surface area contributed by atoms with Gasteiger partial charge in [-0.25, -0.2) is 4.39 Å². The standard InChI is InChI=1S/C19H12ClFO4S/c21-14-11-9-13(10-12-14)19(25-20(22,23)24)15-5-1-3-7-17(15)26-18-8-4-2-6-16(18)19/h1-12H. The Morgan fingerprint density at radius 2 is 1.27 bits per heavy atom. The van der Waals surface area contributed by atoms with E-state index in [4.69, 9.17) is 4.29 Å². The minimum Gasteiger partial charge on any atom is -0.207 e. The van der Waals surface area contributed by atoms with Crippen LogP contribution in [0.5, 0.6) is 0 Å². The van der Waals surface area contributed by atoms with E-state index in [1.165, 1.54) is 36.0 Å². The van der Waals surface area contributed by atoms with Crippen LogP contribution in [0.3, 0.4) is 0 Å². The molecule has 0 saturated heterocycles. The lowest BCUT2D eigenvalue weighted by Gasteiger charge is -2.36. The Morgan fingerprint density at radius 1 is 0.769 bits per heavy atom. The summed E-state index contributed by atoms with van der Waals surface area (Å²) in [5.74, 6) is -0.474. The molecule has 0 aliphatic carbocycles. The lowest BCUT2D eigenvalue weighted by Crippen LogP contribution is -2.64. The van der Waals surface area contributed by atoms with Crippen molar-refractivity contribution in [3.05, 3.63) is 95.3 Å². The molecule has 0 amide bonds. The molecule has 3 aromatic carbocycles. The molecule has 0 radical (unpaired) electrons. The van der Waals surface area contributed by atoms with Crippen molar-refractivity contribution in [1.82, 2.24) is 0 Å². The van der Waals surface area contributed by atoms with Gasteiger partial charge in [-0.05, 0) is 24.3 Å². The summed E-state index contributed by atoms with van der Waals surface area (Å²) < 4.78 is 53.7. The maximum Gasteiger partial charge on any atom is 0.300 e. The Balaban J connectivity index is 2.08. The summed E-state index contributed by atoms with van der Waals surface area (Å²) in [4.78, 5) is 1.52. The molecule has 1 aliphatic heterocycles. The Kier molecular flexibility index (Phi) is 4.27. The van der Waals surface area contributed by atoms with E-state index in [1.807, 2.05) is 24.3 Å². The molecule has 0 unspecified atom stereocenters. The fourth-order valence-electron chi connectivity index (χ4n) is 3.22. The zero-order valence-corrected chi connectivity index (χ0v) is 14.8. The second kappa shape index (κ2) is 6.35. The molecule has 132 valence electrons. The monoisotopic (exact) mass is 390 g/mol. The van der Waals surface area contributed by atoms with Crippen LogP contribution in [-0.2, 0) is 9.89 Å². The van der Waals surface area contributed by atoms with Gasteiger partial charge in [-0.3, -0.25) is 0 Å². The van der Waals surface area contributed by atoms with E-state index in [2.05, 4.69) is 0 Å². The molecule has 0 fully saturated rings. The zero-order valence-electron chi connectivity index (χ0n) is 13.2.